The molecular formula is C16H20N6O2. The van der Waals surface area contributed by atoms with Gasteiger partial charge < -0.3 is 20.5 Å². The topological polar surface area (TPSA) is 101 Å². The Morgan fingerprint density at radius 1 is 1.08 bits per heavy atom. The van der Waals surface area contributed by atoms with Gasteiger partial charge >= 0.3 is 0 Å². The van der Waals surface area contributed by atoms with Crippen LogP contribution < -0.4 is 21.5 Å². The molecule has 0 atom stereocenters. The van der Waals surface area contributed by atoms with E-state index in [0.29, 0.717) is 36.8 Å². The summed E-state index contributed by atoms with van der Waals surface area (Å²) < 4.78 is 1.50. The Morgan fingerprint density at radius 3 is 2.79 bits per heavy atom. The van der Waals surface area contributed by atoms with Crippen LogP contribution in [0.4, 0.5) is 11.5 Å². The van der Waals surface area contributed by atoms with Crippen molar-refractivity contribution in [3.63, 3.8) is 0 Å². The fraction of sp³-hybridized carbons (Fsp3) is 0.375. The first kappa shape index (κ1) is 16.1. The second-order valence-corrected chi connectivity index (χ2v) is 5.52. The molecule has 1 aliphatic rings. The van der Waals surface area contributed by atoms with Gasteiger partial charge in [0.25, 0.3) is 11.5 Å². The van der Waals surface area contributed by atoms with Crippen LogP contribution in [-0.4, -0.2) is 40.1 Å². The minimum absolute atomic E-state index is 0.220. The summed E-state index contributed by atoms with van der Waals surface area (Å²) in [5.41, 5.74) is 0.499. The minimum atomic E-state index is -0.248. The van der Waals surface area contributed by atoms with E-state index in [-0.39, 0.29) is 11.5 Å². The maximum Gasteiger partial charge on any atom is 0.274 e. The Hall–Kier alpha value is -2.74. The summed E-state index contributed by atoms with van der Waals surface area (Å²) in [5, 5.41) is 9.14. The van der Waals surface area contributed by atoms with E-state index < -0.39 is 0 Å². The summed E-state index contributed by atoms with van der Waals surface area (Å²) >= 11 is 0. The van der Waals surface area contributed by atoms with Crippen molar-refractivity contribution in [1.82, 2.24) is 25.2 Å². The molecule has 0 saturated heterocycles. The molecule has 1 amide bonds. The van der Waals surface area contributed by atoms with Crippen LogP contribution in [0.15, 0.2) is 35.5 Å². The predicted octanol–water partition coefficient (Wildman–Crippen LogP) is 0.495. The van der Waals surface area contributed by atoms with E-state index in [2.05, 4.69) is 25.9 Å². The van der Waals surface area contributed by atoms with E-state index in [1.807, 2.05) is 0 Å². The lowest BCUT2D eigenvalue weighted by molar-refractivity contribution is 0.0943. The van der Waals surface area contributed by atoms with Crippen LogP contribution in [0.3, 0.4) is 0 Å². The molecule has 3 heterocycles. The zero-order chi connectivity index (χ0) is 16.8. The lowest BCUT2D eigenvalue weighted by atomic mass is 10.2. The Bertz CT molecular complexity index is 759. The van der Waals surface area contributed by atoms with Gasteiger partial charge in [0.1, 0.15) is 23.5 Å². The number of aromatic nitrogens is 3. The summed E-state index contributed by atoms with van der Waals surface area (Å²) in [6.07, 6.45) is 4.90. The first-order valence-electron chi connectivity index (χ1n) is 8.01. The van der Waals surface area contributed by atoms with E-state index in [1.54, 1.807) is 24.4 Å². The molecule has 3 rings (SSSR count). The number of pyridine rings is 1. The largest absolute Gasteiger partial charge is 0.351 e. The number of nitrogens with one attached hydrogen (secondary N) is 3. The number of amides is 1. The van der Waals surface area contributed by atoms with Crippen molar-refractivity contribution >= 4 is 17.4 Å². The first-order valence-corrected chi connectivity index (χ1v) is 8.01. The zero-order valence-electron chi connectivity index (χ0n) is 13.3. The van der Waals surface area contributed by atoms with Crippen LogP contribution in [0.1, 0.15) is 23.3 Å². The van der Waals surface area contributed by atoms with Crippen LogP contribution in [0.5, 0.6) is 0 Å². The Kier molecular flexibility index (Phi) is 5.17. The Labute approximate surface area is 139 Å². The second kappa shape index (κ2) is 7.69. The summed E-state index contributed by atoms with van der Waals surface area (Å²) in [6.45, 7) is 2.55. The van der Waals surface area contributed by atoms with Crippen molar-refractivity contribution in [2.75, 3.05) is 25.0 Å². The maximum atomic E-state index is 12.8. The lowest BCUT2D eigenvalue weighted by Crippen LogP contribution is -2.35. The third kappa shape index (κ3) is 3.77. The molecule has 2 aromatic heterocycles. The van der Waals surface area contributed by atoms with Gasteiger partial charge in [0, 0.05) is 25.8 Å². The fourth-order valence-corrected chi connectivity index (χ4v) is 2.58. The normalized spacial score (nSPS) is 15.8. The predicted molar refractivity (Wildman–Crippen MR) is 90.5 cm³/mol. The third-order valence-electron chi connectivity index (χ3n) is 3.83. The van der Waals surface area contributed by atoms with Gasteiger partial charge in [-0.2, -0.15) is 0 Å². The third-order valence-corrected chi connectivity index (χ3v) is 3.83. The molecule has 1 aliphatic heterocycles. The number of carbonyl (C=O) groups excluding carboxylic acids is 1. The number of carbonyl (C=O) groups is 1. The van der Waals surface area contributed by atoms with Crippen molar-refractivity contribution in [2.24, 2.45) is 0 Å². The van der Waals surface area contributed by atoms with Gasteiger partial charge in [-0.25, -0.2) is 9.97 Å². The molecule has 24 heavy (non-hydrogen) atoms. The van der Waals surface area contributed by atoms with E-state index in [4.69, 9.17) is 0 Å². The van der Waals surface area contributed by atoms with Crippen LogP contribution in [-0.2, 0) is 6.54 Å². The van der Waals surface area contributed by atoms with E-state index in [0.717, 1.165) is 19.4 Å². The SMILES string of the molecule is O=C1NCCCCNCCn2c1ccc(Nc1ccncn1)c2=O. The Balaban J connectivity index is 1.93. The van der Waals surface area contributed by atoms with Crippen LogP contribution in [0.2, 0.25) is 0 Å². The fourth-order valence-electron chi connectivity index (χ4n) is 2.58. The maximum absolute atomic E-state index is 12.8. The molecule has 0 radical (unpaired) electrons. The minimum Gasteiger partial charge on any atom is -0.351 e. The molecule has 0 saturated carbocycles. The monoisotopic (exact) mass is 328 g/mol. The quantitative estimate of drug-likeness (QED) is 0.742. The second-order valence-electron chi connectivity index (χ2n) is 5.52. The van der Waals surface area contributed by atoms with Crippen LogP contribution in [0.25, 0.3) is 0 Å². The van der Waals surface area contributed by atoms with Gasteiger partial charge in [-0.1, -0.05) is 0 Å². The van der Waals surface area contributed by atoms with E-state index >= 15 is 0 Å². The smallest absolute Gasteiger partial charge is 0.274 e. The van der Waals surface area contributed by atoms with E-state index in [1.165, 1.54) is 10.9 Å². The van der Waals surface area contributed by atoms with Crippen molar-refractivity contribution < 1.29 is 4.79 Å². The van der Waals surface area contributed by atoms with Gasteiger partial charge in [-0.3, -0.25) is 9.59 Å². The Morgan fingerprint density at radius 2 is 1.96 bits per heavy atom. The molecule has 126 valence electrons. The lowest BCUT2D eigenvalue weighted by Gasteiger charge is -2.14. The van der Waals surface area contributed by atoms with Crippen LogP contribution >= 0.6 is 0 Å². The highest BCUT2D eigenvalue weighted by Crippen LogP contribution is 2.10. The van der Waals surface area contributed by atoms with Gasteiger partial charge in [-0.05, 0) is 37.6 Å². The number of hydrogen-bond acceptors (Lipinski definition) is 6. The number of nitrogens with zero attached hydrogens (tertiary/aromatic N) is 3. The first-order chi connectivity index (χ1) is 11.8. The van der Waals surface area contributed by atoms with E-state index in [9.17, 15) is 9.59 Å². The van der Waals surface area contributed by atoms with Crippen molar-refractivity contribution in [3.05, 3.63) is 46.8 Å². The van der Waals surface area contributed by atoms with Gasteiger partial charge in [0.2, 0.25) is 0 Å². The van der Waals surface area contributed by atoms with Crippen molar-refractivity contribution in [2.45, 2.75) is 19.4 Å². The summed E-state index contributed by atoms with van der Waals surface area (Å²) in [4.78, 5) is 33.0. The molecule has 0 bridgehead atoms. The highest BCUT2D eigenvalue weighted by Gasteiger charge is 2.15. The van der Waals surface area contributed by atoms with Gasteiger partial charge in [-0.15, -0.1) is 0 Å². The molecule has 0 unspecified atom stereocenters. The molecule has 8 heteroatoms. The number of anilines is 2. The molecular weight excluding hydrogens is 308 g/mol. The average Bonchev–Trinajstić information content (AvgIpc) is 2.64. The number of fused-ring (bicyclic) bond motifs is 1. The highest BCUT2D eigenvalue weighted by molar-refractivity contribution is 5.92. The molecule has 0 spiro atoms. The summed E-state index contributed by atoms with van der Waals surface area (Å²) in [5.74, 6) is 0.310. The standard InChI is InChI=1S/C16H20N6O2/c23-15-13-4-3-12(21-14-5-8-18-11-20-14)16(24)22(13)10-9-17-6-1-2-7-19-15/h3-5,8,11,17H,1-2,6-7,9-10H2,(H,19,23)(H,18,20,21). The van der Waals surface area contributed by atoms with Crippen LogP contribution in [0, 0.1) is 0 Å². The highest BCUT2D eigenvalue weighted by atomic mass is 16.2. The summed E-state index contributed by atoms with van der Waals surface area (Å²) in [7, 11) is 0. The van der Waals surface area contributed by atoms with Gasteiger partial charge in [0.05, 0.1) is 0 Å². The molecule has 8 nitrogen and oxygen atoms in total. The molecule has 0 aliphatic carbocycles. The molecule has 2 aromatic rings. The summed E-state index contributed by atoms with van der Waals surface area (Å²) in [6, 6.07) is 4.95. The van der Waals surface area contributed by atoms with Crippen molar-refractivity contribution in [1.29, 1.82) is 0 Å². The van der Waals surface area contributed by atoms with Gasteiger partial charge in [0.15, 0.2) is 0 Å². The number of rotatable bonds is 2. The number of hydrogen-bond donors (Lipinski definition) is 3. The molecule has 3 N–H and O–H groups in total. The van der Waals surface area contributed by atoms with Crippen molar-refractivity contribution in [3.8, 4) is 0 Å². The average molecular weight is 328 g/mol. The molecule has 0 fully saturated rings. The zero-order valence-corrected chi connectivity index (χ0v) is 13.3. The molecule has 0 aromatic carbocycles.